The van der Waals surface area contributed by atoms with Crippen LogP contribution in [0.15, 0.2) is 54.6 Å². The topological polar surface area (TPSA) is 97.4 Å². The highest BCUT2D eigenvalue weighted by Crippen LogP contribution is 2.26. The number of carbonyl (C=O) groups excluding carboxylic acids is 3. The molecule has 30 heavy (non-hydrogen) atoms. The van der Waals surface area contributed by atoms with Gasteiger partial charge in [0, 0.05) is 17.5 Å². The molecular weight excluding hydrogens is 389 g/mol. The summed E-state index contributed by atoms with van der Waals surface area (Å²) in [7, 11) is 0. The molecule has 0 fully saturated rings. The number of fused-ring (bicyclic) bond motifs is 1. The van der Waals surface area contributed by atoms with Gasteiger partial charge in [-0.2, -0.15) is 0 Å². The van der Waals surface area contributed by atoms with Crippen molar-refractivity contribution in [1.29, 1.82) is 0 Å². The molecular formula is C22H20FN3O4. The number of carbonyl (C=O) groups is 3. The number of halogens is 1. The lowest BCUT2D eigenvalue weighted by Crippen LogP contribution is -2.44. The fourth-order valence-electron chi connectivity index (χ4n) is 2.81. The molecule has 3 aromatic rings. The number of amides is 3. The second-order valence-electron chi connectivity index (χ2n) is 6.48. The van der Waals surface area contributed by atoms with Gasteiger partial charge in [0.2, 0.25) is 0 Å². The molecule has 3 amide bonds. The minimum Gasteiger partial charge on any atom is -0.449 e. The number of rotatable bonds is 5. The number of nitrogens with one attached hydrogen (secondary N) is 2. The smallest absolute Gasteiger partial charge is 0.339 e. The molecule has 1 heterocycles. The first-order chi connectivity index (χ1) is 14.4. The van der Waals surface area contributed by atoms with Crippen LogP contribution in [0.2, 0.25) is 0 Å². The van der Waals surface area contributed by atoms with Crippen molar-refractivity contribution in [3.8, 4) is 11.3 Å². The van der Waals surface area contributed by atoms with Gasteiger partial charge in [-0.25, -0.2) is 19.0 Å². The third kappa shape index (κ3) is 4.78. The van der Waals surface area contributed by atoms with E-state index in [9.17, 15) is 18.8 Å². The molecule has 0 saturated carbocycles. The Kier molecular flexibility index (Phi) is 6.36. The van der Waals surface area contributed by atoms with Gasteiger partial charge in [0.25, 0.3) is 5.91 Å². The third-order valence-corrected chi connectivity index (χ3v) is 4.30. The number of esters is 1. The molecule has 1 aromatic heterocycles. The molecule has 0 bridgehead atoms. The minimum atomic E-state index is -1.19. The van der Waals surface area contributed by atoms with Crippen LogP contribution in [0.3, 0.4) is 0 Å². The van der Waals surface area contributed by atoms with Crippen molar-refractivity contribution in [2.24, 2.45) is 0 Å². The van der Waals surface area contributed by atoms with Gasteiger partial charge in [0.15, 0.2) is 6.10 Å². The lowest BCUT2D eigenvalue weighted by molar-refractivity contribution is -0.127. The first-order valence-electron chi connectivity index (χ1n) is 9.34. The van der Waals surface area contributed by atoms with E-state index in [-0.39, 0.29) is 11.4 Å². The molecule has 0 unspecified atom stereocenters. The molecule has 2 aromatic carbocycles. The molecule has 7 nitrogen and oxygen atoms in total. The fraction of sp³-hybridized carbons (Fsp3) is 0.182. The highest BCUT2D eigenvalue weighted by Gasteiger charge is 2.22. The van der Waals surface area contributed by atoms with Crippen molar-refractivity contribution in [2.75, 3.05) is 6.54 Å². The van der Waals surface area contributed by atoms with Crippen molar-refractivity contribution >= 4 is 28.8 Å². The number of imide groups is 1. The number of aromatic nitrogens is 1. The van der Waals surface area contributed by atoms with E-state index in [1.165, 1.54) is 25.1 Å². The quantitative estimate of drug-likeness (QED) is 0.629. The summed E-state index contributed by atoms with van der Waals surface area (Å²) >= 11 is 0. The van der Waals surface area contributed by atoms with E-state index >= 15 is 0 Å². The summed E-state index contributed by atoms with van der Waals surface area (Å²) in [6.07, 6.45) is -1.19. The van der Waals surface area contributed by atoms with Crippen LogP contribution in [0.4, 0.5) is 9.18 Å². The maximum absolute atomic E-state index is 13.3. The molecule has 0 saturated heterocycles. The predicted molar refractivity (Wildman–Crippen MR) is 109 cm³/mol. The average Bonchev–Trinajstić information content (AvgIpc) is 2.73. The van der Waals surface area contributed by atoms with E-state index in [0.717, 1.165) is 0 Å². The SMILES string of the molecule is CCNC(=O)NC(=O)[C@@H](C)OC(=O)c1cc(-c2ccc(F)cc2)nc2ccccc12. The Morgan fingerprint density at radius 2 is 1.80 bits per heavy atom. The van der Waals surface area contributed by atoms with Crippen LogP contribution in [-0.4, -0.2) is 35.5 Å². The Balaban J connectivity index is 1.90. The summed E-state index contributed by atoms with van der Waals surface area (Å²) in [6.45, 7) is 3.43. The number of para-hydroxylation sites is 1. The molecule has 154 valence electrons. The maximum Gasteiger partial charge on any atom is 0.339 e. The van der Waals surface area contributed by atoms with E-state index in [0.29, 0.717) is 28.7 Å². The van der Waals surface area contributed by atoms with Crippen molar-refractivity contribution in [1.82, 2.24) is 15.6 Å². The molecule has 3 rings (SSSR count). The zero-order valence-corrected chi connectivity index (χ0v) is 16.4. The monoisotopic (exact) mass is 409 g/mol. The summed E-state index contributed by atoms with van der Waals surface area (Å²) in [5.74, 6) is -1.87. The number of ether oxygens (including phenoxy) is 1. The standard InChI is InChI=1S/C22H20FN3O4/c1-3-24-22(29)26-20(27)13(2)30-21(28)17-12-19(14-8-10-15(23)11-9-14)25-18-7-5-4-6-16(17)18/h4-13H,3H2,1-2H3,(H2,24,26,27,29)/t13-/m1/s1. The van der Waals surface area contributed by atoms with Crippen molar-refractivity contribution in [3.05, 3.63) is 66.0 Å². The number of hydrogen-bond donors (Lipinski definition) is 2. The van der Waals surface area contributed by atoms with E-state index < -0.39 is 24.0 Å². The molecule has 0 aliphatic carbocycles. The second kappa shape index (κ2) is 9.13. The highest BCUT2D eigenvalue weighted by atomic mass is 19.1. The zero-order valence-electron chi connectivity index (χ0n) is 16.4. The zero-order chi connectivity index (χ0) is 21.7. The normalized spacial score (nSPS) is 11.6. The van der Waals surface area contributed by atoms with Crippen LogP contribution < -0.4 is 10.6 Å². The van der Waals surface area contributed by atoms with Crippen molar-refractivity contribution in [2.45, 2.75) is 20.0 Å². The summed E-state index contributed by atoms with van der Waals surface area (Å²) in [5.41, 5.74) is 1.83. The number of hydrogen-bond acceptors (Lipinski definition) is 5. The Labute approximate surface area is 172 Å². The van der Waals surface area contributed by atoms with Gasteiger partial charge < -0.3 is 10.1 Å². The summed E-state index contributed by atoms with van der Waals surface area (Å²) in [6, 6.07) is 13.6. The first-order valence-corrected chi connectivity index (χ1v) is 9.34. The molecule has 2 N–H and O–H groups in total. The van der Waals surface area contributed by atoms with Gasteiger partial charge in [-0.3, -0.25) is 10.1 Å². The van der Waals surface area contributed by atoms with Gasteiger partial charge in [-0.05, 0) is 50.2 Å². The van der Waals surface area contributed by atoms with Crippen molar-refractivity contribution in [3.63, 3.8) is 0 Å². The molecule has 0 aliphatic rings. The summed E-state index contributed by atoms with van der Waals surface area (Å²) in [4.78, 5) is 40.9. The van der Waals surface area contributed by atoms with E-state index in [2.05, 4.69) is 15.6 Å². The average molecular weight is 409 g/mol. The van der Waals surface area contributed by atoms with Crippen LogP contribution >= 0.6 is 0 Å². The number of pyridine rings is 1. The van der Waals surface area contributed by atoms with Gasteiger partial charge in [0.1, 0.15) is 5.82 Å². The van der Waals surface area contributed by atoms with E-state index in [1.54, 1.807) is 43.3 Å². The highest BCUT2D eigenvalue weighted by molar-refractivity contribution is 6.06. The Hall–Kier alpha value is -3.81. The van der Waals surface area contributed by atoms with E-state index in [4.69, 9.17) is 4.74 Å². The fourth-order valence-corrected chi connectivity index (χ4v) is 2.81. The summed E-state index contributed by atoms with van der Waals surface area (Å²) in [5, 5.41) is 5.07. The number of benzene rings is 2. The maximum atomic E-state index is 13.3. The second-order valence-corrected chi connectivity index (χ2v) is 6.48. The van der Waals surface area contributed by atoms with Crippen LogP contribution in [-0.2, 0) is 9.53 Å². The Bertz CT molecular complexity index is 1100. The van der Waals surface area contributed by atoms with Crippen LogP contribution in [0, 0.1) is 5.82 Å². The summed E-state index contributed by atoms with van der Waals surface area (Å²) < 4.78 is 18.5. The predicted octanol–water partition coefficient (Wildman–Crippen LogP) is 3.43. The third-order valence-electron chi connectivity index (χ3n) is 4.30. The largest absolute Gasteiger partial charge is 0.449 e. The molecule has 0 radical (unpaired) electrons. The lowest BCUT2D eigenvalue weighted by Gasteiger charge is -2.15. The Morgan fingerprint density at radius 3 is 2.50 bits per heavy atom. The van der Waals surface area contributed by atoms with Crippen molar-refractivity contribution < 1.29 is 23.5 Å². The molecule has 1 atom stereocenters. The van der Waals surface area contributed by atoms with Crippen LogP contribution in [0.1, 0.15) is 24.2 Å². The minimum absolute atomic E-state index is 0.206. The van der Waals surface area contributed by atoms with Gasteiger partial charge >= 0.3 is 12.0 Å². The van der Waals surface area contributed by atoms with Gasteiger partial charge in [0.05, 0.1) is 16.8 Å². The number of nitrogens with zero attached hydrogens (tertiary/aromatic N) is 1. The first kappa shape index (κ1) is 20.9. The van der Waals surface area contributed by atoms with E-state index in [1.807, 2.05) is 0 Å². The van der Waals surface area contributed by atoms with Crippen LogP contribution in [0.5, 0.6) is 0 Å². The Morgan fingerprint density at radius 1 is 1.10 bits per heavy atom. The van der Waals surface area contributed by atoms with Crippen LogP contribution in [0.25, 0.3) is 22.2 Å². The lowest BCUT2D eigenvalue weighted by atomic mass is 10.0. The molecule has 8 heteroatoms. The van der Waals surface area contributed by atoms with Gasteiger partial charge in [-0.1, -0.05) is 18.2 Å². The van der Waals surface area contributed by atoms with Gasteiger partial charge in [-0.15, -0.1) is 0 Å². The molecule has 0 aliphatic heterocycles. The molecule has 0 spiro atoms. The number of urea groups is 1.